The van der Waals surface area contributed by atoms with Gasteiger partial charge in [0.2, 0.25) is 0 Å². The molecule has 4 nitrogen and oxygen atoms in total. The summed E-state index contributed by atoms with van der Waals surface area (Å²) >= 11 is 1.94. The maximum Gasteiger partial charge on any atom is 0.149 e. The Morgan fingerprint density at radius 2 is 1.59 bits per heavy atom. The van der Waals surface area contributed by atoms with E-state index in [1.54, 1.807) is 0 Å². The van der Waals surface area contributed by atoms with Crippen LogP contribution in [0.25, 0.3) is 48.4 Å². The number of thiophene rings is 1. The average Bonchev–Trinajstić information content (AvgIpc) is 3.52. The fourth-order valence-corrected chi connectivity index (χ4v) is 11.7. The first-order chi connectivity index (χ1) is 28.6. The van der Waals surface area contributed by atoms with E-state index in [1.165, 1.54) is 75.8 Å². The topological polar surface area (TPSA) is 23.3 Å². The van der Waals surface area contributed by atoms with Crippen LogP contribution in [0.15, 0.2) is 169 Å². The summed E-state index contributed by atoms with van der Waals surface area (Å²) in [4.78, 5) is 5.34. The molecular formula is C53H44N4S. The van der Waals surface area contributed by atoms with Crippen molar-refractivity contribution >= 4 is 59.9 Å². The average molecular weight is 769 g/mol. The number of aliphatic imine (C=N–C) groups is 1. The Morgan fingerprint density at radius 3 is 2.47 bits per heavy atom. The van der Waals surface area contributed by atoms with Crippen molar-refractivity contribution in [3.8, 4) is 5.69 Å². The first kappa shape index (κ1) is 34.1. The van der Waals surface area contributed by atoms with E-state index in [9.17, 15) is 0 Å². The summed E-state index contributed by atoms with van der Waals surface area (Å²) in [6.07, 6.45) is 23.0. The molecule has 0 bridgehead atoms. The van der Waals surface area contributed by atoms with Crippen molar-refractivity contribution in [1.82, 2.24) is 14.6 Å². The van der Waals surface area contributed by atoms with Crippen molar-refractivity contribution < 1.29 is 0 Å². The molecule has 7 aromatic rings. The number of fused-ring (bicyclic) bond motifs is 7. The van der Waals surface area contributed by atoms with Gasteiger partial charge < -0.3 is 4.57 Å². The number of hydrogen-bond donors (Lipinski definition) is 0. The van der Waals surface area contributed by atoms with E-state index >= 15 is 0 Å². The monoisotopic (exact) mass is 768 g/mol. The number of rotatable bonds is 6. The van der Waals surface area contributed by atoms with E-state index in [0.29, 0.717) is 11.8 Å². The molecule has 2 aliphatic heterocycles. The molecule has 4 heterocycles. The smallest absolute Gasteiger partial charge is 0.149 e. The van der Waals surface area contributed by atoms with E-state index < -0.39 is 0 Å². The Balaban J connectivity index is 0.986. The van der Waals surface area contributed by atoms with Crippen molar-refractivity contribution in [2.24, 2.45) is 16.8 Å². The minimum absolute atomic E-state index is 0.0708. The van der Waals surface area contributed by atoms with E-state index in [1.807, 2.05) is 11.3 Å². The van der Waals surface area contributed by atoms with Gasteiger partial charge in [-0.1, -0.05) is 147 Å². The summed E-state index contributed by atoms with van der Waals surface area (Å²) in [6.45, 7) is 4.78. The lowest BCUT2D eigenvalue weighted by atomic mass is 9.77. The van der Waals surface area contributed by atoms with Crippen LogP contribution in [0.5, 0.6) is 0 Å². The third-order valence-electron chi connectivity index (χ3n) is 13.2. The molecule has 7 atom stereocenters. The summed E-state index contributed by atoms with van der Waals surface area (Å²) in [5, 5.41) is 9.01. The van der Waals surface area contributed by atoms with Crippen LogP contribution in [0.2, 0.25) is 0 Å². The van der Waals surface area contributed by atoms with E-state index in [2.05, 4.69) is 198 Å². The molecule has 0 N–H and O–H groups in total. The van der Waals surface area contributed by atoms with Gasteiger partial charge in [0, 0.05) is 48.6 Å². The van der Waals surface area contributed by atoms with Gasteiger partial charge in [0.05, 0.1) is 11.2 Å². The maximum atomic E-state index is 5.34. The Bertz CT molecular complexity index is 2990. The van der Waals surface area contributed by atoms with Crippen LogP contribution in [0.3, 0.4) is 0 Å². The molecular weight excluding hydrogens is 725 g/mol. The lowest BCUT2D eigenvalue weighted by Crippen LogP contribution is -2.24. The van der Waals surface area contributed by atoms with Gasteiger partial charge in [0.25, 0.3) is 0 Å². The highest BCUT2D eigenvalue weighted by atomic mass is 32.1. The van der Waals surface area contributed by atoms with Crippen molar-refractivity contribution in [2.75, 3.05) is 0 Å². The first-order valence-corrected chi connectivity index (χ1v) is 21.7. The number of hydrazine groups is 1. The van der Waals surface area contributed by atoms with Crippen LogP contribution in [-0.4, -0.2) is 26.6 Å². The van der Waals surface area contributed by atoms with E-state index in [0.717, 1.165) is 18.7 Å². The summed E-state index contributed by atoms with van der Waals surface area (Å²) in [6, 6.07) is 43.1. The van der Waals surface area contributed by atoms with Gasteiger partial charge in [-0.25, -0.2) is 4.99 Å². The highest BCUT2D eigenvalue weighted by Crippen LogP contribution is 2.53. The van der Waals surface area contributed by atoms with Crippen molar-refractivity contribution in [3.63, 3.8) is 0 Å². The second-order valence-electron chi connectivity index (χ2n) is 16.8. The van der Waals surface area contributed by atoms with E-state index in [-0.39, 0.29) is 24.2 Å². The summed E-state index contributed by atoms with van der Waals surface area (Å²) in [7, 11) is 0. The predicted octanol–water partition coefficient (Wildman–Crippen LogP) is 13.3. The fourth-order valence-electron chi connectivity index (χ4n) is 10.4. The standard InChI is InChI=1S/C53H44N4S/c1-33-14-11-19-37(30-33)38-26-28-46-45(32-38)49-34(2)41(43-23-13-24-44-42-22-9-10-25-48(42)58-50(43)44)27-29-47(49)55(46)40-21-12-20-39(31-40)53-56-51(35-15-5-3-6-16-35)54-52(57(53)56)36-17-7-4-8-18-36/h3-17,19-29,31-34,36,41,52-53H,18,30H2,1-2H3/t33?,34?,36-,41?,52?,53?,56?,57?/m0/s1. The first-order valence-electron chi connectivity index (χ1n) is 20.9. The third-order valence-corrected chi connectivity index (χ3v) is 14.5. The maximum absolute atomic E-state index is 5.34. The van der Waals surface area contributed by atoms with Gasteiger partial charge in [-0.3, -0.25) is 5.01 Å². The Labute approximate surface area is 343 Å². The number of nitrogens with zero attached hydrogens (tertiary/aromatic N) is 4. The number of hydrogen-bond acceptors (Lipinski definition) is 4. The zero-order chi connectivity index (χ0) is 38.5. The highest BCUT2D eigenvalue weighted by molar-refractivity contribution is 7.26. The molecule has 12 rings (SSSR count). The van der Waals surface area contributed by atoms with Crippen LogP contribution in [0.1, 0.15) is 78.2 Å². The molecule has 58 heavy (non-hydrogen) atoms. The van der Waals surface area contributed by atoms with Crippen LogP contribution in [0.4, 0.5) is 0 Å². The van der Waals surface area contributed by atoms with Gasteiger partial charge in [-0.05, 0) is 88.9 Å². The summed E-state index contributed by atoms with van der Waals surface area (Å²) < 4.78 is 5.31. The molecule has 0 spiro atoms. The van der Waals surface area contributed by atoms with Gasteiger partial charge in [-0.15, -0.1) is 11.3 Å². The molecule has 282 valence electrons. The Hall–Kier alpha value is -6.01. The molecule has 0 amide bonds. The van der Waals surface area contributed by atoms with Crippen LogP contribution in [-0.2, 0) is 0 Å². The van der Waals surface area contributed by atoms with Gasteiger partial charge in [0.15, 0.2) is 0 Å². The summed E-state index contributed by atoms with van der Waals surface area (Å²) in [5.74, 6) is 2.49. The predicted molar refractivity (Wildman–Crippen MR) is 243 cm³/mol. The molecule has 3 aliphatic carbocycles. The highest BCUT2D eigenvalue weighted by Gasteiger charge is 2.58. The normalized spacial score (nSPS) is 25.7. The third kappa shape index (κ3) is 5.26. The molecule has 0 radical (unpaired) electrons. The molecule has 5 aromatic carbocycles. The second kappa shape index (κ2) is 13.3. The zero-order valence-corrected chi connectivity index (χ0v) is 33.6. The SMILES string of the molecule is CC1C=CC=C(c2ccc3c(c2)c2c(n3-c3cccc(C4N5C(c6ccccc6)=NC([C@H]6C=CC=CC6)N45)c3)C=CC(c3cccc4c3sc3ccccc34)C2C)C1. The Morgan fingerprint density at radius 1 is 0.724 bits per heavy atom. The number of aromatic nitrogens is 1. The van der Waals surface area contributed by atoms with Crippen molar-refractivity contribution in [1.29, 1.82) is 0 Å². The molecule has 5 aliphatic rings. The number of benzene rings is 5. The quantitative estimate of drug-likeness (QED) is 0.157. The van der Waals surface area contributed by atoms with Crippen molar-refractivity contribution in [2.45, 2.75) is 50.9 Å². The van der Waals surface area contributed by atoms with Crippen LogP contribution < -0.4 is 0 Å². The molecule has 1 fully saturated rings. The van der Waals surface area contributed by atoms with Gasteiger partial charge in [0.1, 0.15) is 18.2 Å². The van der Waals surface area contributed by atoms with E-state index in [4.69, 9.17) is 4.99 Å². The lowest BCUT2D eigenvalue weighted by Gasteiger charge is -2.27. The molecule has 2 aromatic heterocycles. The summed E-state index contributed by atoms with van der Waals surface area (Å²) in [5.41, 5.74) is 11.9. The Kier molecular flexibility index (Phi) is 7.79. The zero-order valence-electron chi connectivity index (χ0n) is 32.7. The molecule has 5 heteroatoms. The minimum Gasteiger partial charge on any atom is -0.310 e. The van der Waals surface area contributed by atoms with Gasteiger partial charge >= 0.3 is 0 Å². The fraction of sp³-hybridized carbons (Fsp3) is 0.189. The van der Waals surface area contributed by atoms with Gasteiger partial charge in [-0.2, -0.15) is 5.01 Å². The van der Waals surface area contributed by atoms with Crippen LogP contribution in [0, 0.1) is 11.8 Å². The molecule has 6 unspecified atom stereocenters. The molecule has 1 saturated heterocycles. The van der Waals surface area contributed by atoms with Crippen molar-refractivity contribution in [3.05, 3.63) is 197 Å². The number of amidine groups is 1. The minimum atomic E-state index is 0.0708. The number of allylic oxidation sites excluding steroid dienone is 8. The molecule has 0 saturated carbocycles. The second-order valence-corrected chi connectivity index (χ2v) is 17.8. The van der Waals surface area contributed by atoms with Crippen LogP contribution >= 0.6 is 11.3 Å². The lowest BCUT2D eigenvalue weighted by molar-refractivity contribution is 0.274. The largest absolute Gasteiger partial charge is 0.310 e.